The highest BCUT2D eigenvalue weighted by atomic mass is 32.2. The zero-order valence-electron chi connectivity index (χ0n) is 11.6. The second-order valence-corrected chi connectivity index (χ2v) is 6.40. The number of sulfonamides is 1. The predicted octanol–water partition coefficient (Wildman–Crippen LogP) is -0.0234. The number of carboxylic acids is 1. The van der Waals surface area contributed by atoms with Crippen molar-refractivity contribution >= 4 is 27.6 Å². The number of aliphatic carboxylic acids is 1. The molecule has 0 spiro atoms. The lowest BCUT2D eigenvalue weighted by Crippen LogP contribution is -2.23. The first-order chi connectivity index (χ1) is 9.73. The summed E-state index contributed by atoms with van der Waals surface area (Å²) in [5, 5.41) is 10.8. The van der Waals surface area contributed by atoms with Crippen molar-refractivity contribution in [2.24, 2.45) is 0 Å². The van der Waals surface area contributed by atoms with Crippen molar-refractivity contribution in [3.8, 4) is 0 Å². The second-order valence-electron chi connectivity index (χ2n) is 4.25. The molecule has 0 aliphatic rings. The number of carboxylic acid groups (broad SMARTS) is 1. The molecule has 9 heteroatoms. The maximum absolute atomic E-state index is 11.9. The number of rotatable bonds is 7. The molecule has 116 valence electrons. The molecule has 1 amide bonds. The molecule has 21 heavy (non-hydrogen) atoms. The first-order valence-electron chi connectivity index (χ1n) is 5.85. The fourth-order valence-electron chi connectivity index (χ4n) is 1.37. The van der Waals surface area contributed by atoms with E-state index in [1.807, 2.05) is 0 Å². The molecule has 1 aromatic carbocycles. The molecule has 0 saturated carbocycles. The monoisotopic (exact) mass is 316 g/mol. The van der Waals surface area contributed by atoms with Crippen molar-refractivity contribution in [3.63, 3.8) is 0 Å². The van der Waals surface area contributed by atoms with E-state index >= 15 is 0 Å². The Morgan fingerprint density at radius 2 is 1.95 bits per heavy atom. The molecule has 8 nitrogen and oxygen atoms in total. The minimum atomic E-state index is -3.59. The van der Waals surface area contributed by atoms with Crippen LogP contribution in [0.25, 0.3) is 0 Å². The van der Waals surface area contributed by atoms with Gasteiger partial charge in [-0.1, -0.05) is 6.07 Å². The van der Waals surface area contributed by atoms with Crippen LogP contribution in [0.2, 0.25) is 0 Å². The number of carbonyl (C=O) groups excluding carboxylic acids is 1. The Kier molecular flexibility index (Phi) is 5.82. The number of anilines is 1. The number of carbonyl (C=O) groups is 2. The van der Waals surface area contributed by atoms with Crippen LogP contribution in [0.15, 0.2) is 29.2 Å². The molecular weight excluding hydrogens is 300 g/mol. The molecule has 0 aliphatic heterocycles. The summed E-state index contributed by atoms with van der Waals surface area (Å²) in [7, 11) is -0.784. The van der Waals surface area contributed by atoms with Gasteiger partial charge < -0.3 is 15.2 Å². The third-order valence-corrected chi connectivity index (χ3v) is 4.17. The van der Waals surface area contributed by atoms with Crippen LogP contribution in [0.5, 0.6) is 0 Å². The van der Waals surface area contributed by atoms with Gasteiger partial charge in [0.1, 0.15) is 13.2 Å². The van der Waals surface area contributed by atoms with Gasteiger partial charge in [0, 0.05) is 19.8 Å². The molecule has 0 unspecified atom stereocenters. The number of amides is 1. The highest BCUT2D eigenvalue weighted by molar-refractivity contribution is 7.89. The van der Waals surface area contributed by atoms with Crippen LogP contribution in [0.3, 0.4) is 0 Å². The number of nitrogens with zero attached hydrogens (tertiary/aromatic N) is 1. The summed E-state index contributed by atoms with van der Waals surface area (Å²) < 4.78 is 29.6. The number of ether oxygens (including phenoxy) is 1. The zero-order valence-corrected chi connectivity index (χ0v) is 12.4. The first-order valence-corrected chi connectivity index (χ1v) is 7.29. The normalized spacial score (nSPS) is 11.4. The minimum Gasteiger partial charge on any atom is -0.480 e. The van der Waals surface area contributed by atoms with Crippen LogP contribution in [-0.2, 0) is 24.3 Å². The molecule has 0 atom stereocenters. The van der Waals surface area contributed by atoms with Gasteiger partial charge in [-0.2, -0.15) is 0 Å². The van der Waals surface area contributed by atoms with E-state index in [1.54, 1.807) is 0 Å². The minimum absolute atomic E-state index is 0.0387. The Bertz CT molecular complexity index is 626. The summed E-state index contributed by atoms with van der Waals surface area (Å²) in [4.78, 5) is 21.8. The van der Waals surface area contributed by atoms with E-state index in [4.69, 9.17) is 5.11 Å². The summed E-state index contributed by atoms with van der Waals surface area (Å²) in [6.45, 7) is -1.01. The van der Waals surface area contributed by atoms with Gasteiger partial charge in [-0.3, -0.25) is 4.79 Å². The molecule has 0 heterocycles. The summed E-state index contributed by atoms with van der Waals surface area (Å²) in [5.74, 6) is -1.75. The first kappa shape index (κ1) is 17.1. The van der Waals surface area contributed by atoms with Crippen LogP contribution in [0, 0.1) is 0 Å². The van der Waals surface area contributed by atoms with Crippen LogP contribution in [0.1, 0.15) is 0 Å². The molecule has 2 N–H and O–H groups in total. The Hall–Kier alpha value is -1.97. The van der Waals surface area contributed by atoms with Gasteiger partial charge in [0.25, 0.3) is 0 Å². The van der Waals surface area contributed by atoms with Crippen molar-refractivity contribution in [2.75, 3.05) is 32.6 Å². The Balaban J connectivity index is 2.73. The number of hydrogen-bond donors (Lipinski definition) is 2. The fraction of sp³-hybridized carbons (Fsp3) is 0.333. The lowest BCUT2D eigenvalue weighted by Gasteiger charge is -2.12. The van der Waals surface area contributed by atoms with Crippen LogP contribution in [-0.4, -0.2) is 57.0 Å². The highest BCUT2D eigenvalue weighted by Crippen LogP contribution is 2.17. The van der Waals surface area contributed by atoms with E-state index in [1.165, 1.54) is 38.4 Å². The van der Waals surface area contributed by atoms with E-state index in [2.05, 4.69) is 10.1 Å². The molecule has 0 bridgehead atoms. The van der Waals surface area contributed by atoms with Crippen molar-refractivity contribution in [2.45, 2.75) is 4.90 Å². The zero-order chi connectivity index (χ0) is 16.0. The maximum atomic E-state index is 11.9. The van der Waals surface area contributed by atoms with Gasteiger partial charge in [0.05, 0.1) is 4.90 Å². The molecule has 1 rings (SSSR count). The Morgan fingerprint density at radius 1 is 1.29 bits per heavy atom. The lowest BCUT2D eigenvalue weighted by molar-refractivity contribution is -0.143. The number of nitrogens with one attached hydrogen (secondary N) is 1. The lowest BCUT2D eigenvalue weighted by atomic mass is 10.3. The smallest absolute Gasteiger partial charge is 0.329 e. The third kappa shape index (κ3) is 5.14. The van der Waals surface area contributed by atoms with Crippen molar-refractivity contribution in [1.82, 2.24) is 4.31 Å². The van der Waals surface area contributed by atoms with Gasteiger partial charge in [0.15, 0.2) is 0 Å². The van der Waals surface area contributed by atoms with Crippen LogP contribution in [0.4, 0.5) is 5.69 Å². The molecular formula is C12H16N2O6S. The second kappa shape index (κ2) is 7.16. The molecule has 0 saturated heterocycles. The number of hydrogen-bond acceptors (Lipinski definition) is 5. The molecule has 0 aromatic heterocycles. The van der Waals surface area contributed by atoms with Crippen molar-refractivity contribution in [3.05, 3.63) is 24.3 Å². The van der Waals surface area contributed by atoms with Crippen molar-refractivity contribution in [1.29, 1.82) is 0 Å². The summed E-state index contributed by atoms with van der Waals surface area (Å²) in [6, 6.07) is 5.73. The molecule has 0 fully saturated rings. The molecule has 1 aromatic rings. The Labute approximate surface area is 122 Å². The summed E-state index contributed by atoms with van der Waals surface area (Å²) >= 11 is 0. The third-order valence-electron chi connectivity index (χ3n) is 2.36. The summed E-state index contributed by atoms with van der Waals surface area (Å²) in [5.41, 5.74) is 0.279. The van der Waals surface area contributed by atoms with Gasteiger partial charge in [-0.05, 0) is 18.2 Å². The number of benzene rings is 1. The van der Waals surface area contributed by atoms with Gasteiger partial charge in [-0.25, -0.2) is 17.5 Å². The van der Waals surface area contributed by atoms with Gasteiger partial charge in [0.2, 0.25) is 15.9 Å². The SMILES string of the molecule is CN(C)S(=O)(=O)c1cccc(NC(=O)COCC(=O)O)c1. The summed E-state index contributed by atoms with van der Waals surface area (Å²) in [6.07, 6.45) is 0. The van der Waals surface area contributed by atoms with Gasteiger partial charge in [-0.15, -0.1) is 0 Å². The average Bonchev–Trinajstić information content (AvgIpc) is 2.38. The Morgan fingerprint density at radius 3 is 2.52 bits per heavy atom. The van der Waals surface area contributed by atoms with Crippen LogP contribution >= 0.6 is 0 Å². The predicted molar refractivity (Wildman–Crippen MR) is 74.4 cm³/mol. The molecule has 0 radical (unpaired) electrons. The maximum Gasteiger partial charge on any atom is 0.329 e. The van der Waals surface area contributed by atoms with E-state index in [0.717, 1.165) is 4.31 Å². The quantitative estimate of drug-likeness (QED) is 0.731. The van der Waals surface area contributed by atoms with E-state index in [-0.39, 0.29) is 10.6 Å². The van der Waals surface area contributed by atoms with Crippen molar-refractivity contribution < 1.29 is 27.9 Å². The van der Waals surface area contributed by atoms with E-state index in [0.29, 0.717) is 0 Å². The van der Waals surface area contributed by atoms with E-state index in [9.17, 15) is 18.0 Å². The highest BCUT2D eigenvalue weighted by Gasteiger charge is 2.17. The largest absolute Gasteiger partial charge is 0.480 e. The van der Waals surface area contributed by atoms with Crippen LogP contribution < -0.4 is 5.32 Å². The standard InChI is InChI=1S/C12H16N2O6S/c1-14(2)21(18,19)10-5-3-4-9(6-10)13-11(15)7-20-8-12(16)17/h3-6H,7-8H2,1-2H3,(H,13,15)(H,16,17). The van der Waals surface area contributed by atoms with E-state index < -0.39 is 35.1 Å². The topological polar surface area (TPSA) is 113 Å². The fourth-order valence-corrected chi connectivity index (χ4v) is 2.32. The van der Waals surface area contributed by atoms with Gasteiger partial charge >= 0.3 is 5.97 Å². The molecule has 0 aliphatic carbocycles. The average molecular weight is 316 g/mol.